The van der Waals surface area contributed by atoms with Crippen LogP contribution in [0.3, 0.4) is 0 Å². The second kappa shape index (κ2) is 6.22. The minimum Gasteiger partial charge on any atom is -0.271 e. The van der Waals surface area contributed by atoms with Crippen molar-refractivity contribution in [3.05, 3.63) is 33.0 Å². The highest BCUT2D eigenvalue weighted by molar-refractivity contribution is 9.10. The lowest BCUT2D eigenvalue weighted by atomic mass is 9.80. The topological polar surface area (TPSA) is 38.0 Å². The summed E-state index contributed by atoms with van der Waals surface area (Å²) in [7, 11) is 0. The fourth-order valence-corrected chi connectivity index (χ4v) is 3.13. The molecule has 1 aliphatic rings. The van der Waals surface area contributed by atoms with Crippen LogP contribution in [0.2, 0.25) is 5.02 Å². The molecule has 1 unspecified atom stereocenters. The van der Waals surface area contributed by atoms with Crippen LogP contribution in [-0.4, -0.2) is 5.92 Å². The van der Waals surface area contributed by atoms with Crippen molar-refractivity contribution in [1.82, 2.24) is 5.43 Å². The van der Waals surface area contributed by atoms with E-state index in [1.54, 1.807) is 12.1 Å². The van der Waals surface area contributed by atoms with Gasteiger partial charge in [0.2, 0.25) is 5.92 Å². The van der Waals surface area contributed by atoms with Crippen LogP contribution < -0.4 is 11.3 Å². The third kappa shape index (κ3) is 3.30. The Hall–Kier alpha value is -0.300. The molecule has 0 bridgehead atoms. The molecule has 0 spiro atoms. The van der Waals surface area contributed by atoms with Gasteiger partial charge < -0.3 is 0 Å². The van der Waals surface area contributed by atoms with E-state index in [4.69, 9.17) is 17.4 Å². The first-order valence-corrected chi connectivity index (χ1v) is 7.50. The molecule has 0 amide bonds. The molecule has 0 saturated heterocycles. The molecule has 1 aromatic carbocycles. The lowest BCUT2D eigenvalue weighted by Gasteiger charge is -2.33. The van der Waals surface area contributed by atoms with E-state index in [0.29, 0.717) is 22.9 Å². The molecule has 0 radical (unpaired) electrons. The first-order chi connectivity index (χ1) is 9.35. The van der Waals surface area contributed by atoms with Gasteiger partial charge in [-0.3, -0.25) is 11.3 Å². The van der Waals surface area contributed by atoms with Crippen molar-refractivity contribution in [2.45, 2.75) is 37.6 Å². The molecule has 0 aromatic heterocycles. The number of rotatable bonds is 3. The highest BCUT2D eigenvalue weighted by Crippen LogP contribution is 2.42. The molecule has 1 aromatic rings. The molecular weight excluding hydrogens is 357 g/mol. The van der Waals surface area contributed by atoms with Gasteiger partial charge in [-0.2, -0.15) is 0 Å². The zero-order valence-corrected chi connectivity index (χ0v) is 12.9. The third-order valence-electron chi connectivity index (χ3n) is 3.81. The Bertz CT molecular complexity index is 489. The summed E-state index contributed by atoms with van der Waals surface area (Å²) in [6.45, 7) is 0. The van der Waals surface area contributed by atoms with E-state index in [9.17, 15) is 13.2 Å². The molecule has 1 saturated carbocycles. The van der Waals surface area contributed by atoms with Crippen LogP contribution in [0.4, 0.5) is 13.2 Å². The second-order valence-corrected chi connectivity index (χ2v) is 6.33. The number of alkyl halides is 2. The molecule has 1 atom stereocenters. The average molecular weight is 372 g/mol. The van der Waals surface area contributed by atoms with E-state index < -0.39 is 17.8 Å². The summed E-state index contributed by atoms with van der Waals surface area (Å²) in [6.07, 6.45) is 0.216. The number of nitrogens with one attached hydrogen (secondary N) is 1. The predicted molar refractivity (Wildman–Crippen MR) is 76.1 cm³/mol. The largest absolute Gasteiger partial charge is 0.271 e. The minimum absolute atomic E-state index is 0.0242. The Labute approximate surface area is 129 Å². The van der Waals surface area contributed by atoms with Crippen LogP contribution in [0, 0.1) is 11.7 Å². The van der Waals surface area contributed by atoms with E-state index in [2.05, 4.69) is 21.4 Å². The van der Waals surface area contributed by atoms with Crippen LogP contribution >= 0.6 is 27.5 Å². The fraction of sp³-hybridized carbons (Fsp3) is 0.538. The summed E-state index contributed by atoms with van der Waals surface area (Å²) in [5.41, 5.74) is 2.86. The maximum absolute atomic E-state index is 14.2. The first kappa shape index (κ1) is 16.1. The maximum atomic E-state index is 14.2. The van der Waals surface area contributed by atoms with Gasteiger partial charge in [-0.05, 0) is 40.8 Å². The molecule has 0 heterocycles. The minimum atomic E-state index is -2.62. The fourth-order valence-electron chi connectivity index (χ4n) is 2.66. The zero-order chi connectivity index (χ0) is 14.9. The molecule has 1 aliphatic carbocycles. The summed E-state index contributed by atoms with van der Waals surface area (Å²) in [5, 5.41) is -0.0242. The standard InChI is InChI=1S/C13H15BrClF3N2/c14-9-2-1-8(11(16)10(9)15)12(20-19)7-3-5-13(17,18)6-4-7/h1-2,7,12,20H,3-6,19H2. The first-order valence-electron chi connectivity index (χ1n) is 6.33. The van der Waals surface area contributed by atoms with Gasteiger partial charge in [0.15, 0.2) is 0 Å². The van der Waals surface area contributed by atoms with Crippen molar-refractivity contribution >= 4 is 27.5 Å². The molecule has 2 rings (SSSR count). The summed E-state index contributed by atoms with van der Waals surface area (Å²) < 4.78 is 41.0. The van der Waals surface area contributed by atoms with Crippen molar-refractivity contribution in [3.8, 4) is 0 Å². The van der Waals surface area contributed by atoms with Crippen LogP contribution in [0.15, 0.2) is 16.6 Å². The molecule has 0 aliphatic heterocycles. The Morgan fingerprint density at radius 3 is 2.50 bits per heavy atom. The summed E-state index contributed by atoms with van der Waals surface area (Å²) in [5.74, 6) is 2.18. The van der Waals surface area contributed by atoms with E-state index in [1.165, 1.54) is 0 Å². The second-order valence-electron chi connectivity index (χ2n) is 5.10. The smallest absolute Gasteiger partial charge is 0.248 e. The van der Waals surface area contributed by atoms with Gasteiger partial charge in [-0.15, -0.1) is 0 Å². The monoisotopic (exact) mass is 370 g/mol. The molecule has 1 fully saturated rings. The van der Waals surface area contributed by atoms with Crippen molar-refractivity contribution in [2.24, 2.45) is 11.8 Å². The van der Waals surface area contributed by atoms with Gasteiger partial charge in [0, 0.05) is 22.9 Å². The van der Waals surface area contributed by atoms with Gasteiger partial charge in [0.1, 0.15) is 5.82 Å². The van der Waals surface area contributed by atoms with E-state index >= 15 is 0 Å². The average Bonchev–Trinajstić information content (AvgIpc) is 2.41. The molecule has 7 heteroatoms. The summed E-state index contributed by atoms with van der Waals surface area (Å²) in [4.78, 5) is 0. The van der Waals surface area contributed by atoms with Crippen LogP contribution in [0.1, 0.15) is 37.3 Å². The normalized spacial score (nSPS) is 20.9. The highest BCUT2D eigenvalue weighted by atomic mass is 79.9. The maximum Gasteiger partial charge on any atom is 0.248 e. The predicted octanol–water partition coefficient (Wildman–Crippen LogP) is 4.57. The Morgan fingerprint density at radius 2 is 1.95 bits per heavy atom. The van der Waals surface area contributed by atoms with Crippen LogP contribution in [0.5, 0.6) is 0 Å². The molecule has 2 nitrogen and oxygen atoms in total. The van der Waals surface area contributed by atoms with E-state index in [0.717, 1.165) is 0 Å². The van der Waals surface area contributed by atoms with Gasteiger partial charge >= 0.3 is 0 Å². The number of halogens is 5. The van der Waals surface area contributed by atoms with Crippen molar-refractivity contribution in [1.29, 1.82) is 0 Å². The van der Waals surface area contributed by atoms with Crippen LogP contribution in [-0.2, 0) is 0 Å². The lowest BCUT2D eigenvalue weighted by molar-refractivity contribution is -0.0498. The summed E-state index contributed by atoms with van der Waals surface area (Å²) >= 11 is 9.00. The quantitative estimate of drug-likeness (QED) is 0.464. The van der Waals surface area contributed by atoms with E-state index in [1.807, 2.05) is 0 Å². The SMILES string of the molecule is NNC(c1ccc(Br)c(Cl)c1F)C1CCC(F)(F)CC1. The van der Waals surface area contributed by atoms with Gasteiger partial charge in [0.05, 0.1) is 11.1 Å². The Morgan fingerprint density at radius 1 is 1.35 bits per heavy atom. The van der Waals surface area contributed by atoms with Crippen molar-refractivity contribution in [2.75, 3.05) is 0 Å². The number of benzene rings is 1. The van der Waals surface area contributed by atoms with Crippen LogP contribution in [0.25, 0.3) is 0 Å². The van der Waals surface area contributed by atoms with Gasteiger partial charge in [-0.1, -0.05) is 17.7 Å². The third-order valence-corrected chi connectivity index (χ3v) is 5.07. The number of hydrazine groups is 1. The van der Waals surface area contributed by atoms with E-state index in [-0.39, 0.29) is 23.8 Å². The lowest BCUT2D eigenvalue weighted by Crippen LogP contribution is -2.37. The summed E-state index contributed by atoms with van der Waals surface area (Å²) in [6, 6.07) is 2.68. The molecule has 20 heavy (non-hydrogen) atoms. The number of hydrogen-bond donors (Lipinski definition) is 2. The number of nitrogens with two attached hydrogens (primary N) is 1. The Kier molecular flexibility index (Phi) is 5.00. The van der Waals surface area contributed by atoms with Gasteiger partial charge in [0.25, 0.3) is 0 Å². The Balaban J connectivity index is 2.23. The van der Waals surface area contributed by atoms with Gasteiger partial charge in [-0.25, -0.2) is 13.2 Å². The molecule has 3 N–H and O–H groups in total. The highest BCUT2D eigenvalue weighted by Gasteiger charge is 2.38. The molecular formula is C13H15BrClF3N2. The molecule has 112 valence electrons. The number of hydrogen-bond acceptors (Lipinski definition) is 2. The van der Waals surface area contributed by atoms with Crippen molar-refractivity contribution in [3.63, 3.8) is 0 Å². The zero-order valence-electron chi connectivity index (χ0n) is 10.6. The van der Waals surface area contributed by atoms with Crippen molar-refractivity contribution < 1.29 is 13.2 Å².